The number of pyridine rings is 1. The number of nitrogens with one attached hydrogen (secondary N) is 1. The summed E-state index contributed by atoms with van der Waals surface area (Å²) in [6, 6.07) is 9.85. The Balaban J connectivity index is 0.000000826. The van der Waals surface area contributed by atoms with Gasteiger partial charge in [0.05, 0.1) is 23.2 Å². The molecule has 0 spiro atoms. The van der Waals surface area contributed by atoms with Crippen molar-refractivity contribution < 1.29 is 32.6 Å². The van der Waals surface area contributed by atoms with Crippen molar-refractivity contribution in [3.05, 3.63) is 52.7 Å². The van der Waals surface area contributed by atoms with Gasteiger partial charge in [0.25, 0.3) is 5.91 Å². The molecule has 10 nitrogen and oxygen atoms in total. The fraction of sp³-hybridized carbons (Fsp3) is 0.464. The molecule has 39 heavy (non-hydrogen) atoms. The number of thiol groups is 1. The van der Waals surface area contributed by atoms with E-state index in [4.69, 9.17) is 24.4 Å². The Hall–Kier alpha value is -3.44. The van der Waals surface area contributed by atoms with Crippen molar-refractivity contribution in [2.24, 2.45) is 5.92 Å². The summed E-state index contributed by atoms with van der Waals surface area (Å²) in [5.74, 6) is 1.22. The fourth-order valence-electron chi connectivity index (χ4n) is 5.23. The third kappa shape index (κ3) is 7.15. The van der Waals surface area contributed by atoms with Gasteiger partial charge in [0, 0.05) is 19.2 Å². The predicted molar refractivity (Wildman–Crippen MR) is 148 cm³/mol. The molecule has 0 radical (unpaired) electrons. The van der Waals surface area contributed by atoms with Crippen LogP contribution >= 0.6 is 0 Å². The van der Waals surface area contributed by atoms with Gasteiger partial charge in [0.15, 0.2) is 0 Å². The Morgan fingerprint density at radius 1 is 1.10 bits per heavy atom. The zero-order valence-corrected chi connectivity index (χ0v) is 23.1. The lowest BCUT2D eigenvalue weighted by molar-refractivity contribution is 0.0964. The quantitative estimate of drug-likeness (QED) is 0.263. The minimum absolute atomic E-state index is 0.226. The molecule has 2 saturated carbocycles. The zero-order chi connectivity index (χ0) is 28.1. The van der Waals surface area contributed by atoms with Crippen LogP contribution in [-0.2, 0) is 17.4 Å². The Bertz CT molecular complexity index is 1390. The molecule has 2 aliphatic carbocycles. The molecule has 5 rings (SSSR count). The first-order chi connectivity index (χ1) is 18.7. The van der Waals surface area contributed by atoms with Crippen LogP contribution in [0, 0.1) is 12.8 Å². The lowest BCUT2D eigenvalue weighted by atomic mass is 10.0. The standard InChI is InChI=1S/C27H33N3O4S.CH2O3/c1-17-7-9-20(10-8-17)25-24(26(31)28-2)22-15-21(19-11-12-19)23(29-27(22)34-25)16-30(35(32)33)14-13-18-5-3-4-6-18;2-1(3)4/h7-10,15,18-19,35H,3-6,11-14,16H2,1-2H3,(H,28,31);(H2,2,3,4). The number of rotatable bonds is 9. The van der Waals surface area contributed by atoms with Crippen LogP contribution in [0.15, 0.2) is 34.7 Å². The highest BCUT2D eigenvalue weighted by atomic mass is 32.2. The number of carboxylic acid groups (broad SMARTS) is 2. The molecule has 3 aromatic rings. The largest absolute Gasteiger partial charge is 0.503 e. The van der Waals surface area contributed by atoms with Crippen LogP contribution in [0.3, 0.4) is 0 Å². The number of furan rings is 1. The lowest BCUT2D eigenvalue weighted by Gasteiger charge is -2.19. The molecule has 3 N–H and O–H groups in total. The van der Waals surface area contributed by atoms with Gasteiger partial charge in [-0.25, -0.2) is 18.2 Å². The average molecular weight is 558 g/mol. The highest BCUT2D eigenvalue weighted by Crippen LogP contribution is 2.44. The van der Waals surface area contributed by atoms with E-state index in [9.17, 15) is 13.2 Å². The third-order valence-electron chi connectivity index (χ3n) is 7.41. The van der Waals surface area contributed by atoms with E-state index in [1.54, 1.807) is 7.05 Å². The molecular weight excluding hydrogens is 522 g/mol. The molecule has 0 bridgehead atoms. The van der Waals surface area contributed by atoms with E-state index in [-0.39, 0.29) is 12.5 Å². The van der Waals surface area contributed by atoms with Crippen LogP contribution in [-0.4, -0.2) is 53.6 Å². The molecule has 11 heteroatoms. The first-order valence-corrected chi connectivity index (χ1v) is 14.4. The second-order valence-corrected chi connectivity index (χ2v) is 11.3. The molecule has 0 atom stereocenters. The summed E-state index contributed by atoms with van der Waals surface area (Å²) >= 11 is 0. The van der Waals surface area contributed by atoms with Gasteiger partial charge >= 0.3 is 6.16 Å². The number of aryl methyl sites for hydroxylation is 1. The highest BCUT2D eigenvalue weighted by molar-refractivity contribution is 7.69. The van der Waals surface area contributed by atoms with Crippen molar-refractivity contribution in [3.8, 4) is 11.3 Å². The van der Waals surface area contributed by atoms with Crippen molar-refractivity contribution in [2.75, 3.05) is 13.6 Å². The van der Waals surface area contributed by atoms with Crippen LogP contribution in [0.4, 0.5) is 4.79 Å². The summed E-state index contributed by atoms with van der Waals surface area (Å²) < 4.78 is 32.0. The van der Waals surface area contributed by atoms with Gasteiger partial charge < -0.3 is 19.9 Å². The van der Waals surface area contributed by atoms with Crippen LogP contribution < -0.4 is 5.32 Å². The molecule has 1 aromatic carbocycles. The van der Waals surface area contributed by atoms with Gasteiger partial charge in [-0.1, -0.05) is 55.5 Å². The number of hydrogen-bond acceptors (Lipinski definition) is 6. The van der Waals surface area contributed by atoms with Crippen molar-refractivity contribution in [2.45, 2.75) is 64.3 Å². The summed E-state index contributed by atoms with van der Waals surface area (Å²) in [4.78, 5) is 26.3. The van der Waals surface area contributed by atoms with Crippen LogP contribution in [0.5, 0.6) is 0 Å². The molecule has 0 unspecified atom stereocenters. The minimum atomic E-state index is -2.72. The van der Waals surface area contributed by atoms with E-state index in [1.807, 2.05) is 37.3 Å². The molecule has 1 amide bonds. The number of fused-ring (bicyclic) bond motifs is 1. The maximum atomic E-state index is 12.9. The SMILES string of the molecule is CNC(=O)c1c(-c2ccc(C)cc2)oc2nc(CN(CCC3CCCC3)[SH](=O)=O)c(C3CC3)cc12.O=C(O)O. The smallest absolute Gasteiger partial charge is 0.450 e. The van der Waals surface area contributed by atoms with E-state index < -0.39 is 17.0 Å². The Labute approximate surface area is 229 Å². The number of aromatic nitrogens is 1. The monoisotopic (exact) mass is 557 g/mol. The summed E-state index contributed by atoms with van der Waals surface area (Å²) in [5.41, 5.74) is 4.53. The molecule has 2 aliphatic rings. The van der Waals surface area contributed by atoms with Crippen LogP contribution in [0.1, 0.15) is 78.0 Å². The Morgan fingerprint density at radius 3 is 2.31 bits per heavy atom. The van der Waals surface area contributed by atoms with E-state index in [0.29, 0.717) is 40.8 Å². The summed E-state index contributed by atoms with van der Waals surface area (Å²) in [6.45, 7) is 2.77. The van der Waals surface area contributed by atoms with Crippen molar-refractivity contribution in [1.29, 1.82) is 0 Å². The van der Waals surface area contributed by atoms with Crippen LogP contribution in [0.25, 0.3) is 22.4 Å². The summed E-state index contributed by atoms with van der Waals surface area (Å²) in [7, 11) is -1.11. The number of benzene rings is 1. The van der Waals surface area contributed by atoms with Crippen LogP contribution in [0.2, 0.25) is 0 Å². The molecule has 0 saturated heterocycles. The zero-order valence-electron chi connectivity index (χ0n) is 22.2. The number of amides is 1. The van der Waals surface area contributed by atoms with E-state index in [2.05, 4.69) is 5.32 Å². The number of nitrogens with zero attached hydrogens (tertiary/aromatic N) is 2. The van der Waals surface area contributed by atoms with Gasteiger partial charge in [-0.3, -0.25) is 4.79 Å². The van der Waals surface area contributed by atoms with Crippen molar-refractivity contribution in [3.63, 3.8) is 0 Å². The second kappa shape index (κ2) is 12.6. The normalized spacial score (nSPS) is 15.5. The fourth-order valence-corrected chi connectivity index (χ4v) is 5.76. The molecule has 210 valence electrons. The Morgan fingerprint density at radius 2 is 1.74 bits per heavy atom. The maximum Gasteiger partial charge on any atom is 0.503 e. The van der Waals surface area contributed by atoms with Crippen molar-refractivity contribution >= 4 is 34.1 Å². The molecule has 2 aromatic heterocycles. The van der Waals surface area contributed by atoms with Gasteiger partial charge in [0.2, 0.25) is 16.6 Å². The highest BCUT2D eigenvalue weighted by Gasteiger charge is 2.31. The predicted octanol–water partition coefficient (Wildman–Crippen LogP) is 5.17. The molecule has 2 fully saturated rings. The van der Waals surface area contributed by atoms with E-state index in [1.165, 1.54) is 30.0 Å². The molecule has 2 heterocycles. The van der Waals surface area contributed by atoms with Gasteiger partial charge in [-0.15, -0.1) is 0 Å². The van der Waals surface area contributed by atoms with E-state index >= 15 is 0 Å². The van der Waals surface area contributed by atoms with Gasteiger partial charge in [0.1, 0.15) is 5.76 Å². The first kappa shape index (κ1) is 28.6. The minimum Gasteiger partial charge on any atom is -0.450 e. The second-order valence-electron chi connectivity index (χ2n) is 10.3. The third-order valence-corrected chi connectivity index (χ3v) is 8.22. The van der Waals surface area contributed by atoms with Crippen molar-refractivity contribution in [1.82, 2.24) is 14.6 Å². The molecule has 0 aliphatic heterocycles. The number of carbonyl (C=O) groups is 2. The van der Waals surface area contributed by atoms with Gasteiger partial charge in [-0.05, 0) is 49.7 Å². The lowest BCUT2D eigenvalue weighted by Crippen LogP contribution is -2.25. The summed E-state index contributed by atoms with van der Waals surface area (Å²) in [6.07, 6.45) is 6.02. The van der Waals surface area contributed by atoms with E-state index in [0.717, 1.165) is 41.6 Å². The average Bonchev–Trinajstić information content (AvgIpc) is 3.47. The maximum absolute atomic E-state index is 12.9. The first-order valence-electron chi connectivity index (χ1n) is 13.2. The van der Waals surface area contributed by atoms with Gasteiger partial charge in [-0.2, -0.15) is 4.31 Å². The number of hydrogen-bond donors (Lipinski definition) is 4. The molecular formula is C28H35N3O7S. The number of carbonyl (C=O) groups excluding carboxylic acids is 1. The summed E-state index contributed by atoms with van der Waals surface area (Å²) in [5, 5.41) is 17.4. The topological polar surface area (TPSA) is 150 Å². The Kier molecular flexibility index (Phi) is 9.24.